The van der Waals surface area contributed by atoms with E-state index in [4.69, 9.17) is 0 Å². The number of carbonyl (C=O) groups is 1. The summed E-state index contributed by atoms with van der Waals surface area (Å²) in [5, 5.41) is 12.1. The standard InChI is InChI=1S/C14H12FNO2S/c15-10-4-3-5-11(8-10)16-14(18)9-19-13-7-2-1-6-12(13)17/h1-8,17H,9H2,(H,16,18). The predicted molar refractivity (Wildman–Crippen MR) is 73.9 cm³/mol. The molecule has 2 rings (SSSR count). The minimum atomic E-state index is -0.397. The SMILES string of the molecule is O=C(CSc1ccccc1O)Nc1cccc(F)c1. The van der Waals surface area contributed by atoms with E-state index in [0.29, 0.717) is 10.6 Å². The topological polar surface area (TPSA) is 49.3 Å². The number of hydrogen-bond donors (Lipinski definition) is 2. The van der Waals surface area contributed by atoms with Crippen molar-refractivity contribution in [1.82, 2.24) is 0 Å². The van der Waals surface area contributed by atoms with Crippen LogP contribution in [0.15, 0.2) is 53.4 Å². The van der Waals surface area contributed by atoms with Gasteiger partial charge in [0.15, 0.2) is 0 Å². The van der Waals surface area contributed by atoms with Crippen molar-refractivity contribution in [3.8, 4) is 5.75 Å². The number of phenols is 1. The molecular weight excluding hydrogens is 265 g/mol. The Kier molecular flexibility index (Phi) is 4.41. The zero-order chi connectivity index (χ0) is 13.7. The number of thioether (sulfide) groups is 1. The molecule has 0 bridgehead atoms. The molecule has 0 unspecified atom stereocenters. The van der Waals surface area contributed by atoms with Crippen LogP contribution in [-0.4, -0.2) is 16.8 Å². The number of para-hydroxylation sites is 1. The molecule has 0 heterocycles. The number of halogens is 1. The molecule has 0 aromatic heterocycles. The summed E-state index contributed by atoms with van der Waals surface area (Å²) in [6, 6.07) is 12.5. The summed E-state index contributed by atoms with van der Waals surface area (Å²) in [5.41, 5.74) is 0.419. The molecule has 0 aliphatic rings. The van der Waals surface area contributed by atoms with Gasteiger partial charge >= 0.3 is 0 Å². The summed E-state index contributed by atoms with van der Waals surface area (Å²) in [6.07, 6.45) is 0. The highest BCUT2D eigenvalue weighted by molar-refractivity contribution is 8.00. The van der Waals surface area contributed by atoms with E-state index in [1.807, 2.05) is 0 Å². The third-order valence-electron chi connectivity index (χ3n) is 2.33. The first-order valence-corrected chi connectivity index (χ1v) is 6.60. The van der Waals surface area contributed by atoms with E-state index in [1.54, 1.807) is 30.3 Å². The lowest BCUT2D eigenvalue weighted by Gasteiger charge is -2.06. The van der Waals surface area contributed by atoms with Gasteiger partial charge in [0.2, 0.25) is 5.91 Å². The van der Waals surface area contributed by atoms with Gasteiger partial charge in [-0.05, 0) is 30.3 Å². The molecule has 2 aromatic carbocycles. The van der Waals surface area contributed by atoms with Crippen LogP contribution in [0, 0.1) is 5.82 Å². The van der Waals surface area contributed by atoms with E-state index in [0.717, 1.165) is 0 Å². The van der Waals surface area contributed by atoms with Crippen molar-refractivity contribution in [2.45, 2.75) is 4.90 Å². The van der Waals surface area contributed by atoms with Crippen molar-refractivity contribution in [2.24, 2.45) is 0 Å². The molecule has 0 radical (unpaired) electrons. The molecule has 98 valence electrons. The normalized spacial score (nSPS) is 10.2. The minimum absolute atomic E-state index is 0.144. The highest BCUT2D eigenvalue weighted by Crippen LogP contribution is 2.27. The van der Waals surface area contributed by atoms with Crippen molar-refractivity contribution in [3.05, 3.63) is 54.3 Å². The van der Waals surface area contributed by atoms with Crippen LogP contribution >= 0.6 is 11.8 Å². The van der Waals surface area contributed by atoms with Crippen molar-refractivity contribution < 1.29 is 14.3 Å². The Labute approximate surface area is 114 Å². The van der Waals surface area contributed by atoms with E-state index in [2.05, 4.69) is 5.32 Å². The quantitative estimate of drug-likeness (QED) is 0.843. The number of anilines is 1. The first kappa shape index (κ1) is 13.4. The third kappa shape index (κ3) is 3.99. The van der Waals surface area contributed by atoms with Gasteiger partial charge in [-0.2, -0.15) is 0 Å². The second-order valence-electron chi connectivity index (χ2n) is 3.81. The zero-order valence-electron chi connectivity index (χ0n) is 9.97. The number of phenolic OH excluding ortho intramolecular Hbond substituents is 1. The largest absolute Gasteiger partial charge is 0.507 e. The van der Waals surface area contributed by atoms with E-state index in [-0.39, 0.29) is 17.4 Å². The Morgan fingerprint density at radius 3 is 2.74 bits per heavy atom. The molecule has 2 N–H and O–H groups in total. The highest BCUT2D eigenvalue weighted by Gasteiger charge is 2.06. The number of nitrogens with one attached hydrogen (secondary N) is 1. The van der Waals surface area contributed by atoms with Crippen LogP contribution in [0.2, 0.25) is 0 Å². The van der Waals surface area contributed by atoms with Gasteiger partial charge in [-0.25, -0.2) is 4.39 Å². The van der Waals surface area contributed by atoms with Crippen molar-refractivity contribution in [2.75, 3.05) is 11.1 Å². The smallest absolute Gasteiger partial charge is 0.234 e. The molecule has 0 fully saturated rings. The van der Waals surface area contributed by atoms with E-state index < -0.39 is 5.82 Å². The molecule has 2 aromatic rings. The van der Waals surface area contributed by atoms with Crippen LogP contribution in [-0.2, 0) is 4.79 Å². The Bertz CT molecular complexity index is 589. The molecule has 3 nitrogen and oxygen atoms in total. The summed E-state index contributed by atoms with van der Waals surface area (Å²) in [5.74, 6) is -0.357. The number of amides is 1. The van der Waals surface area contributed by atoms with Crippen LogP contribution in [0.4, 0.5) is 10.1 Å². The monoisotopic (exact) mass is 277 g/mol. The number of aromatic hydroxyl groups is 1. The molecule has 5 heteroatoms. The third-order valence-corrected chi connectivity index (χ3v) is 3.40. The highest BCUT2D eigenvalue weighted by atomic mass is 32.2. The van der Waals surface area contributed by atoms with Crippen molar-refractivity contribution in [3.63, 3.8) is 0 Å². The molecule has 0 atom stereocenters. The molecule has 0 aliphatic heterocycles. The average Bonchev–Trinajstić information content (AvgIpc) is 2.38. The number of carbonyl (C=O) groups excluding carboxylic acids is 1. The number of hydrogen-bond acceptors (Lipinski definition) is 3. The Morgan fingerprint density at radius 1 is 1.21 bits per heavy atom. The summed E-state index contributed by atoms with van der Waals surface area (Å²) in [6.45, 7) is 0. The number of benzene rings is 2. The van der Waals surface area contributed by atoms with E-state index in [9.17, 15) is 14.3 Å². The predicted octanol–water partition coefficient (Wildman–Crippen LogP) is 3.26. The Hall–Kier alpha value is -2.01. The molecule has 0 saturated heterocycles. The van der Waals surface area contributed by atoms with Gasteiger partial charge < -0.3 is 10.4 Å². The molecule has 0 saturated carbocycles. The maximum Gasteiger partial charge on any atom is 0.234 e. The molecule has 19 heavy (non-hydrogen) atoms. The van der Waals surface area contributed by atoms with Crippen molar-refractivity contribution in [1.29, 1.82) is 0 Å². The van der Waals surface area contributed by atoms with Crippen LogP contribution in [0.5, 0.6) is 5.75 Å². The molecule has 0 aliphatic carbocycles. The number of rotatable bonds is 4. The summed E-state index contributed by atoms with van der Waals surface area (Å²) in [4.78, 5) is 12.3. The lowest BCUT2D eigenvalue weighted by Crippen LogP contribution is -2.14. The van der Waals surface area contributed by atoms with Gasteiger partial charge in [-0.3, -0.25) is 4.79 Å². The van der Waals surface area contributed by atoms with Crippen LogP contribution < -0.4 is 5.32 Å². The van der Waals surface area contributed by atoms with Gasteiger partial charge in [-0.1, -0.05) is 18.2 Å². The first-order valence-electron chi connectivity index (χ1n) is 5.61. The first-order chi connectivity index (χ1) is 9.15. The van der Waals surface area contributed by atoms with Crippen molar-refractivity contribution >= 4 is 23.4 Å². The second-order valence-corrected chi connectivity index (χ2v) is 4.83. The fourth-order valence-corrected chi connectivity index (χ4v) is 2.24. The van der Waals surface area contributed by atoms with E-state index >= 15 is 0 Å². The maximum absolute atomic E-state index is 12.9. The molecular formula is C14H12FNO2S. The molecule has 1 amide bonds. The van der Waals surface area contributed by atoms with Gasteiger partial charge in [0, 0.05) is 10.6 Å². The summed E-state index contributed by atoms with van der Waals surface area (Å²) in [7, 11) is 0. The van der Waals surface area contributed by atoms with Crippen LogP contribution in [0.1, 0.15) is 0 Å². The average molecular weight is 277 g/mol. The van der Waals surface area contributed by atoms with Gasteiger partial charge in [0.05, 0.1) is 5.75 Å². The lowest BCUT2D eigenvalue weighted by molar-refractivity contribution is -0.113. The lowest BCUT2D eigenvalue weighted by atomic mass is 10.3. The van der Waals surface area contributed by atoms with Gasteiger partial charge in [-0.15, -0.1) is 11.8 Å². The summed E-state index contributed by atoms with van der Waals surface area (Å²) < 4.78 is 12.9. The fourth-order valence-electron chi connectivity index (χ4n) is 1.49. The minimum Gasteiger partial charge on any atom is -0.507 e. The maximum atomic E-state index is 12.9. The Balaban J connectivity index is 1.90. The van der Waals surface area contributed by atoms with Gasteiger partial charge in [0.1, 0.15) is 11.6 Å². The fraction of sp³-hybridized carbons (Fsp3) is 0.0714. The second kappa shape index (κ2) is 6.24. The van der Waals surface area contributed by atoms with Crippen LogP contribution in [0.3, 0.4) is 0 Å². The van der Waals surface area contributed by atoms with Crippen LogP contribution in [0.25, 0.3) is 0 Å². The Morgan fingerprint density at radius 2 is 2.00 bits per heavy atom. The molecule has 0 spiro atoms. The van der Waals surface area contributed by atoms with E-state index in [1.165, 1.54) is 30.0 Å². The zero-order valence-corrected chi connectivity index (χ0v) is 10.8. The summed E-state index contributed by atoms with van der Waals surface area (Å²) >= 11 is 1.22. The van der Waals surface area contributed by atoms with Gasteiger partial charge in [0.25, 0.3) is 0 Å².